The fourth-order valence-corrected chi connectivity index (χ4v) is 3.58. The Morgan fingerprint density at radius 1 is 1.18 bits per heavy atom. The van der Waals surface area contributed by atoms with Gasteiger partial charge < -0.3 is 0 Å². The molecule has 0 N–H and O–H groups in total. The summed E-state index contributed by atoms with van der Waals surface area (Å²) >= 11 is 7.03. The maximum Gasteiger partial charge on any atom is 0.0394 e. The molecule has 0 spiro atoms. The van der Waals surface area contributed by atoms with E-state index in [0.717, 1.165) is 4.47 Å². The second-order valence-electron chi connectivity index (χ2n) is 2.47. The summed E-state index contributed by atoms with van der Waals surface area (Å²) in [4.78, 5) is 0. The van der Waals surface area contributed by atoms with Gasteiger partial charge in [-0.1, -0.05) is 20.1 Å². The Labute approximate surface area is 85.4 Å². The number of benzene rings is 1. The standard InChI is InChI=1S/C8H9Br2P/c1-11(2)7-5-3-4-6(9)8(7)10/h3-5H,1-2H3. The van der Waals surface area contributed by atoms with Gasteiger partial charge in [0, 0.05) is 8.95 Å². The van der Waals surface area contributed by atoms with Gasteiger partial charge in [-0.05, 0) is 56.6 Å². The molecule has 0 aliphatic carbocycles. The molecule has 3 heteroatoms. The van der Waals surface area contributed by atoms with E-state index >= 15 is 0 Å². The number of halogens is 2. The van der Waals surface area contributed by atoms with Crippen molar-refractivity contribution in [1.82, 2.24) is 0 Å². The molecule has 1 aromatic rings. The first kappa shape index (κ1) is 9.70. The van der Waals surface area contributed by atoms with E-state index < -0.39 is 0 Å². The molecular formula is C8H9Br2P. The van der Waals surface area contributed by atoms with Crippen molar-refractivity contribution in [3.63, 3.8) is 0 Å². The number of hydrogen-bond donors (Lipinski definition) is 0. The zero-order chi connectivity index (χ0) is 8.43. The first-order valence-electron chi connectivity index (χ1n) is 3.24. The molecule has 0 aliphatic heterocycles. The Morgan fingerprint density at radius 3 is 2.27 bits per heavy atom. The van der Waals surface area contributed by atoms with E-state index in [1.165, 1.54) is 9.78 Å². The van der Waals surface area contributed by atoms with Gasteiger partial charge >= 0.3 is 0 Å². The molecule has 1 rings (SSSR count). The molecule has 0 atom stereocenters. The Hall–Kier alpha value is 0.610. The minimum atomic E-state index is -0.00949. The van der Waals surface area contributed by atoms with E-state index in [1.54, 1.807) is 0 Å². The number of hydrogen-bond acceptors (Lipinski definition) is 0. The summed E-state index contributed by atoms with van der Waals surface area (Å²) in [5.41, 5.74) is 0. The van der Waals surface area contributed by atoms with Gasteiger partial charge in [0.25, 0.3) is 0 Å². The van der Waals surface area contributed by atoms with Crippen molar-refractivity contribution in [2.24, 2.45) is 0 Å². The van der Waals surface area contributed by atoms with Gasteiger partial charge in [-0.3, -0.25) is 0 Å². The lowest BCUT2D eigenvalue weighted by atomic mass is 10.4. The van der Waals surface area contributed by atoms with Gasteiger partial charge in [0.2, 0.25) is 0 Å². The van der Waals surface area contributed by atoms with Crippen molar-refractivity contribution in [3.05, 3.63) is 27.1 Å². The van der Waals surface area contributed by atoms with Crippen LogP contribution in [0.25, 0.3) is 0 Å². The highest BCUT2D eigenvalue weighted by Crippen LogP contribution is 2.32. The molecule has 0 radical (unpaired) electrons. The van der Waals surface area contributed by atoms with Crippen LogP contribution in [0.2, 0.25) is 0 Å². The molecule has 0 aliphatic rings. The second kappa shape index (κ2) is 4.02. The Morgan fingerprint density at radius 2 is 1.82 bits per heavy atom. The van der Waals surface area contributed by atoms with Gasteiger partial charge in [-0.2, -0.15) is 0 Å². The topological polar surface area (TPSA) is 0 Å². The third kappa shape index (κ3) is 2.27. The van der Waals surface area contributed by atoms with Crippen LogP contribution in [0.3, 0.4) is 0 Å². The normalized spacial score (nSPS) is 10.6. The van der Waals surface area contributed by atoms with Crippen molar-refractivity contribution >= 4 is 45.1 Å². The molecule has 0 fully saturated rings. The smallest absolute Gasteiger partial charge is 0.0394 e. The lowest BCUT2D eigenvalue weighted by molar-refractivity contribution is 1.64. The summed E-state index contributed by atoms with van der Waals surface area (Å²) in [7, 11) is -0.00949. The van der Waals surface area contributed by atoms with Gasteiger partial charge in [-0.25, -0.2) is 0 Å². The third-order valence-corrected chi connectivity index (χ3v) is 5.10. The van der Waals surface area contributed by atoms with E-state index in [1.807, 2.05) is 6.07 Å². The van der Waals surface area contributed by atoms with Crippen LogP contribution >= 0.6 is 39.8 Å². The monoisotopic (exact) mass is 294 g/mol. The van der Waals surface area contributed by atoms with E-state index in [4.69, 9.17) is 0 Å². The zero-order valence-corrected chi connectivity index (χ0v) is 10.5. The summed E-state index contributed by atoms with van der Waals surface area (Å²) in [6.45, 7) is 4.50. The molecule has 0 saturated heterocycles. The highest BCUT2D eigenvalue weighted by Gasteiger charge is 2.05. The van der Waals surface area contributed by atoms with Crippen LogP contribution in [0.15, 0.2) is 27.1 Å². The SMILES string of the molecule is CP(C)c1cccc(Br)c1Br. The predicted molar refractivity (Wildman–Crippen MR) is 60.2 cm³/mol. The average molecular weight is 296 g/mol. The molecule has 0 unspecified atom stereocenters. The molecule has 0 heterocycles. The van der Waals surface area contributed by atoms with Gasteiger partial charge in [0.15, 0.2) is 0 Å². The minimum absolute atomic E-state index is 0.00949. The molecule has 0 nitrogen and oxygen atoms in total. The molecule has 60 valence electrons. The zero-order valence-electron chi connectivity index (χ0n) is 6.44. The minimum Gasteiger partial charge on any atom is -0.0804 e. The van der Waals surface area contributed by atoms with Crippen LogP contribution < -0.4 is 5.30 Å². The van der Waals surface area contributed by atoms with Crippen molar-refractivity contribution in [1.29, 1.82) is 0 Å². The third-order valence-electron chi connectivity index (χ3n) is 1.41. The molecule has 0 amide bonds. The van der Waals surface area contributed by atoms with Crippen LogP contribution in [-0.4, -0.2) is 13.3 Å². The predicted octanol–water partition coefficient (Wildman–Crippen LogP) is 3.58. The van der Waals surface area contributed by atoms with E-state index in [2.05, 4.69) is 57.3 Å². The first-order chi connectivity index (χ1) is 5.13. The summed E-state index contributed by atoms with van der Waals surface area (Å²) in [5.74, 6) is 0. The van der Waals surface area contributed by atoms with Crippen LogP contribution in [0.4, 0.5) is 0 Å². The van der Waals surface area contributed by atoms with Gasteiger partial charge in [-0.15, -0.1) is 0 Å². The van der Waals surface area contributed by atoms with Crippen molar-refractivity contribution < 1.29 is 0 Å². The Kier molecular flexibility index (Phi) is 3.54. The molecule has 11 heavy (non-hydrogen) atoms. The molecule has 0 bridgehead atoms. The van der Waals surface area contributed by atoms with Gasteiger partial charge in [0.1, 0.15) is 0 Å². The number of rotatable bonds is 1. The van der Waals surface area contributed by atoms with Crippen molar-refractivity contribution in [2.45, 2.75) is 0 Å². The van der Waals surface area contributed by atoms with Crippen LogP contribution in [-0.2, 0) is 0 Å². The summed E-state index contributed by atoms with van der Waals surface area (Å²) in [6.07, 6.45) is 0. The molecule has 0 saturated carbocycles. The maximum absolute atomic E-state index is 3.55. The summed E-state index contributed by atoms with van der Waals surface area (Å²) in [5, 5.41) is 1.41. The summed E-state index contributed by atoms with van der Waals surface area (Å²) in [6, 6.07) is 6.29. The van der Waals surface area contributed by atoms with Crippen molar-refractivity contribution in [3.8, 4) is 0 Å². The molecule has 1 aromatic carbocycles. The van der Waals surface area contributed by atoms with Gasteiger partial charge in [0.05, 0.1) is 0 Å². The average Bonchev–Trinajstić information content (AvgIpc) is 1.94. The fraction of sp³-hybridized carbons (Fsp3) is 0.250. The van der Waals surface area contributed by atoms with Crippen LogP contribution in [0, 0.1) is 0 Å². The van der Waals surface area contributed by atoms with Crippen LogP contribution in [0.1, 0.15) is 0 Å². The van der Waals surface area contributed by atoms with E-state index in [9.17, 15) is 0 Å². The van der Waals surface area contributed by atoms with Crippen molar-refractivity contribution in [2.75, 3.05) is 13.3 Å². The lowest BCUT2D eigenvalue weighted by Crippen LogP contribution is -2.00. The van der Waals surface area contributed by atoms with E-state index in [0.29, 0.717) is 0 Å². The fourth-order valence-electron chi connectivity index (χ4n) is 0.838. The maximum atomic E-state index is 3.55. The highest BCUT2D eigenvalue weighted by molar-refractivity contribution is 9.13. The Bertz CT molecular complexity index is 258. The largest absolute Gasteiger partial charge is 0.0804 e. The van der Waals surface area contributed by atoms with Crippen LogP contribution in [0.5, 0.6) is 0 Å². The second-order valence-corrected chi connectivity index (χ2v) is 6.39. The lowest BCUT2D eigenvalue weighted by Gasteiger charge is -2.08. The first-order valence-corrected chi connectivity index (χ1v) is 7.06. The summed E-state index contributed by atoms with van der Waals surface area (Å²) < 4.78 is 2.35. The molecule has 0 aromatic heterocycles. The molecular weight excluding hydrogens is 287 g/mol. The quantitative estimate of drug-likeness (QED) is 0.695. The highest BCUT2D eigenvalue weighted by atomic mass is 79.9. The van der Waals surface area contributed by atoms with E-state index in [-0.39, 0.29) is 7.92 Å². The Balaban J connectivity index is 3.17.